The first kappa shape index (κ1) is 14.3. The van der Waals surface area contributed by atoms with Gasteiger partial charge in [0.15, 0.2) is 0 Å². The fourth-order valence-corrected chi connectivity index (χ4v) is 2.10. The third kappa shape index (κ3) is 3.27. The van der Waals surface area contributed by atoms with Crippen LogP contribution in [-0.4, -0.2) is 18.2 Å². The zero-order valence-electron chi connectivity index (χ0n) is 10.8. The number of carbonyl (C=O) groups is 1. The Hall–Kier alpha value is -2.07. The number of aliphatic carboxylic acids is 1. The first-order valence-electron chi connectivity index (χ1n) is 5.96. The van der Waals surface area contributed by atoms with Gasteiger partial charge in [0.2, 0.25) is 0 Å². The SMILES string of the molecule is COc1ccccc1/C=C(\C(=O)O)c1ccc(Br)cc1. The van der Waals surface area contributed by atoms with Crippen molar-refractivity contribution in [3.63, 3.8) is 0 Å². The van der Waals surface area contributed by atoms with Gasteiger partial charge < -0.3 is 9.84 Å². The summed E-state index contributed by atoms with van der Waals surface area (Å²) >= 11 is 3.33. The molecule has 2 aromatic carbocycles. The highest BCUT2D eigenvalue weighted by atomic mass is 79.9. The normalized spacial score (nSPS) is 11.2. The minimum atomic E-state index is -0.974. The van der Waals surface area contributed by atoms with Gasteiger partial charge in [0.25, 0.3) is 0 Å². The van der Waals surface area contributed by atoms with E-state index >= 15 is 0 Å². The van der Waals surface area contributed by atoms with Gasteiger partial charge in [0.05, 0.1) is 12.7 Å². The predicted octanol–water partition coefficient (Wildman–Crippen LogP) is 4.08. The van der Waals surface area contributed by atoms with Gasteiger partial charge in [-0.3, -0.25) is 0 Å². The molecule has 0 heterocycles. The van der Waals surface area contributed by atoms with Crippen molar-refractivity contribution < 1.29 is 14.6 Å². The van der Waals surface area contributed by atoms with Crippen LogP contribution in [0.1, 0.15) is 11.1 Å². The highest BCUT2D eigenvalue weighted by Gasteiger charge is 2.11. The lowest BCUT2D eigenvalue weighted by atomic mass is 10.0. The minimum Gasteiger partial charge on any atom is -0.496 e. The average molecular weight is 333 g/mol. The van der Waals surface area contributed by atoms with Crippen LogP contribution >= 0.6 is 15.9 Å². The number of carboxylic acid groups (broad SMARTS) is 1. The summed E-state index contributed by atoms with van der Waals surface area (Å²) in [4.78, 5) is 11.5. The number of methoxy groups -OCH3 is 1. The number of hydrogen-bond acceptors (Lipinski definition) is 2. The van der Waals surface area contributed by atoms with E-state index in [2.05, 4.69) is 15.9 Å². The molecule has 0 aromatic heterocycles. The average Bonchev–Trinajstić information content (AvgIpc) is 2.46. The second-order valence-corrected chi connectivity index (χ2v) is 5.03. The van der Waals surface area contributed by atoms with Gasteiger partial charge in [0.1, 0.15) is 5.75 Å². The fourth-order valence-electron chi connectivity index (χ4n) is 1.84. The van der Waals surface area contributed by atoms with Gasteiger partial charge in [-0.1, -0.05) is 46.3 Å². The highest BCUT2D eigenvalue weighted by Crippen LogP contribution is 2.25. The van der Waals surface area contributed by atoms with E-state index in [9.17, 15) is 9.90 Å². The van der Waals surface area contributed by atoms with Crippen molar-refractivity contribution in [3.8, 4) is 5.75 Å². The molecule has 0 atom stereocenters. The molecule has 0 saturated heterocycles. The van der Waals surface area contributed by atoms with Crippen LogP contribution in [0.3, 0.4) is 0 Å². The van der Waals surface area contributed by atoms with Crippen molar-refractivity contribution in [1.82, 2.24) is 0 Å². The van der Waals surface area contributed by atoms with E-state index in [0.29, 0.717) is 11.3 Å². The van der Waals surface area contributed by atoms with Crippen LogP contribution in [0.5, 0.6) is 5.75 Å². The number of rotatable bonds is 4. The molecule has 0 aliphatic heterocycles. The van der Waals surface area contributed by atoms with Crippen molar-refractivity contribution in [2.75, 3.05) is 7.11 Å². The largest absolute Gasteiger partial charge is 0.496 e. The Bertz CT molecular complexity index is 645. The predicted molar refractivity (Wildman–Crippen MR) is 82.6 cm³/mol. The van der Waals surface area contributed by atoms with Gasteiger partial charge in [0, 0.05) is 10.0 Å². The third-order valence-corrected chi connectivity index (χ3v) is 3.35. The molecular formula is C16H13BrO3. The van der Waals surface area contributed by atoms with Crippen LogP contribution in [-0.2, 0) is 4.79 Å². The van der Waals surface area contributed by atoms with Crippen LogP contribution in [0.4, 0.5) is 0 Å². The number of halogens is 1. The first-order valence-corrected chi connectivity index (χ1v) is 6.75. The molecule has 0 unspecified atom stereocenters. The molecule has 2 aromatic rings. The molecule has 0 saturated carbocycles. The topological polar surface area (TPSA) is 46.5 Å². The van der Waals surface area contributed by atoms with Gasteiger partial charge in [-0.25, -0.2) is 4.79 Å². The van der Waals surface area contributed by atoms with Crippen LogP contribution in [0.25, 0.3) is 11.6 Å². The first-order chi connectivity index (χ1) is 9.61. The Morgan fingerprint density at radius 2 is 1.80 bits per heavy atom. The maximum atomic E-state index is 11.5. The third-order valence-electron chi connectivity index (χ3n) is 2.82. The molecule has 3 nitrogen and oxygen atoms in total. The molecule has 0 amide bonds. The van der Waals surface area contributed by atoms with E-state index in [1.807, 2.05) is 30.3 Å². The lowest BCUT2D eigenvalue weighted by Gasteiger charge is -2.07. The zero-order chi connectivity index (χ0) is 14.5. The van der Waals surface area contributed by atoms with E-state index in [1.165, 1.54) is 0 Å². The monoisotopic (exact) mass is 332 g/mol. The summed E-state index contributed by atoms with van der Waals surface area (Å²) in [7, 11) is 1.56. The summed E-state index contributed by atoms with van der Waals surface area (Å²) in [6.07, 6.45) is 1.62. The maximum Gasteiger partial charge on any atom is 0.336 e. The molecule has 2 rings (SSSR count). The van der Waals surface area contributed by atoms with Gasteiger partial charge >= 0.3 is 5.97 Å². The molecule has 102 valence electrons. The van der Waals surface area contributed by atoms with Gasteiger partial charge in [-0.05, 0) is 29.8 Å². The molecule has 0 bridgehead atoms. The van der Waals surface area contributed by atoms with Crippen LogP contribution in [0.15, 0.2) is 53.0 Å². The molecule has 0 aliphatic rings. The molecule has 4 heteroatoms. The number of benzene rings is 2. The molecule has 0 fully saturated rings. The molecule has 0 radical (unpaired) electrons. The fraction of sp³-hybridized carbons (Fsp3) is 0.0625. The van der Waals surface area contributed by atoms with Crippen molar-refractivity contribution in [3.05, 3.63) is 64.1 Å². The summed E-state index contributed by atoms with van der Waals surface area (Å²) in [5.41, 5.74) is 1.60. The lowest BCUT2D eigenvalue weighted by Crippen LogP contribution is -2.00. The Morgan fingerprint density at radius 3 is 2.40 bits per heavy atom. The van der Waals surface area contributed by atoms with Crippen LogP contribution < -0.4 is 4.74 Å². The number of carboxylic acids is 1. The van der Waals surface area contributed by atoms with Crippen molar-refractivity contribution in [1.29, 1.82) is 0 Å². The molecule has 20 heavy (non-hydrogen) atoms. The van der Waals surface area contributed by atoms with E-state index in [-0.39, 0.29) is 5.57 Å². The second kappa shape index (κ2) is 6.39. The maximum absolute atomic E-state index is 11.5. The summed E-state index contributed by atoms with van der Waals surface area (Å²) in [5, 5.41) is 9.40. The molecule has 0 spiro atoms. The number of ether oxygens (including phenoxy) is 1. The Kier molecular flexibility index (Phi) is 4.58. The van der Waals surface area contributed by atoms with Crippen molar-refractivity contribution >= 4 is 33.5 Å². The second-order valence-electron chi connectivity index (χ2n) is 4.11. The molecule has 1 N–H and O–H groups in total. The quantitative estimate of drug-likeness (QED) is 0.677. The summed E-state index contributed by atoms with van der Waals surface area (Å²) < 4.78 is 6.14. The standard InChI is InChI=1S/C16H13BrO3/c1-20-15-5-3-2-4-12(15)10-14(16(18)19)11-6-8-13(17)9-7-11/h2-10H,1H3,(H,18,19)/b14-10-. The minimum absolute atomic E-state index is 0.224. The van der Waals surface area contributed by atoms with Crippen LogP contribution in [0, 0.1) is 0 Å². The Balaban J connectivity index is 2.50. The number of para-hydroxylation sites is 1. The van der Waals surface area contributed by atoms with Gasteiger partial charge in [-0.15, -0.1) is 0 Å². The smallest absolute Gasteiger partial charge is 0.336 e. The summed E-state index contributed by atoms with van der Waals surface area (Å²) in [6.45, 7) is 0. The Labute approximate surface area is 125 Å². The Morgan fingerprint density at radius 1 is 1.15 bits per heavy atom. The lowest BCUT2D eigenvalue weighted by molar-refractivity contribution is -0.130. The van der Waals surface area contributed by atoms with E-state index < -0.39 is 5.97 Å². The van der Waals surface area contributed by atoms with Crippen LogP contribution in [0.2, 0.25) is 0 Å². The summed E-state index contributed by atoms with van der Waals surface area (Å²) in [6, 6.07) is 14.5. The molecule has 0 aliphatic carbocycles. The van der Waals surface area contributed by atoms with E-state index in [0.717, 1.165) is 10.0 Å². The van der Waals surface area contributed by atoms with E-state index in [1.54, 1.807) is 31.4 Å². The van der Waals surface area contributed by atoms with Crippen molar-refractivity contribution in [2.45, 2.75) is 0 Å². The van der Waals surface area contributed by atoms with Crippen molar-refractivity contribution in [2.24, 2.45) is 0 Å². The number of hydrogen-bond donors (Lipinski definition) is 1. The van der Waals surface area contributed by atoms with Gasteiger partial charge in [-0.2, -0.15) is 0 Å². The zero-order valence-corrected chi connectivity index (χ0v) is 12.4. The van der Waals surface area contributed by atoms with E-state index in [4.69, 9.17) is 4.74 Å². The molecular weight excluding hydrogens is 320 g/mol. The highest BCUT2D eigenvalue weighted by molar-refractivity contribution is 9.10. The summed E-state index contributed by atoms with van der Waals surface area (Å²) in [5.74, 6) is -0.332.